The number of amides is 1. The summed E-state index contributed by atoms with van der Waals surface area (Å²) in [6, 6.07) is 8.77. The maximum atomic E-state index is 12.9. The molecule has 2 N–H and O–H groups in total. The van der Waals surface area contributed by atoms with Crippen LogP contribution in [0.15, 0.2) is 30.3 Å². The minimum Gasteiger partial charge on any atom is -0.328 e. The van der Waals surface area contributed by atoms with Crippen LogP contribution in [-0.2, 0) is 11.3 Å². The van der Waals surface area contributed by atoms with Gasteiger partial charge in [0.2, 0.25) is 5.91 Å². The summed E-state index contributed by atoms with van der Waals surface area (Å²) in [6.07, 6.45) is -3.69. The zero-order valence-corrected chi connectivity index (χ0v) is 15.9. The van der Waals surface area contributed by atoms with E-state index < -0.39 is 18.6 Å². The average Bonchev–Trinajstić information content (AvgIpc) is 2.50. The van der Waals surface area contributed by atoms with Crippen molar-refractivity contribution in [1.82, 2.24) is 9.80 Å². The van der Waals surface area contributed by atoms with E-state index in [1.807, 2.05) is 18.7 Å². The molecule has 0 aromatic heterocycles. The normalized spacial score (nSPS) is 20.3. The van der Waals surface area contributed by atoms with Crippen LogP contribution in [0.25, 0.3) is 0 Å². The molecule has 1 aliphatic rings. The van der Waals surface area contributed by atoms with Gasteiger partial charge in [-0.05, 0) is 17.4 Å². The van der Waals surface area contributed by atoms with Crippen molar-refractivity contribution in [3.63, 3.8) is 0 Å². The summed E-state index contributed by atoms with van der Waals surface area (Å²) in [5.41, 5.74) is 6.60. The van der Waals surface area contributed by atoms with Gasteiger partial charge in [-0.1, -0.05) is 44.2 Å². The topological polar surface area (TPSA) is 49.6 Å². The first-order valence-electron chi connectivity index (χ1n) is 8.43. The van der Waals surface area contributed by atoms with Gasteiger partial charge in [-0.25, -0.2) is 0 Å². The molecule has 1 atom stereocenters. The molecule has 1 fully saturated rings. The van der Waals surface area contributed by atoms with E-state index in [9.17, 15) is 18.0 Å². The highest BCUT2D eigenvalue weighted by Gasteiger charge is 2.36. The van der Waals surface area contributed by atoms with Gasteiger partial charge in [0.15, 0.2) is 0 Å². The summed E-state index contributed by atoms with van der Waals surface area (Å²) in [4.78, 5) is 15.3. The molecule has 148 valence electrons. The number of hydrogen-bond donors (Lipinski definition) is 1. The summed E-state index contributed by atoms with van der Waals surface area (Å²) in [5.74, 6) is -0.507. The minimum atomic E-state index is -4.42. The highest BCUT2D eigenvalue weighted by atomic mass is 35.5. The fourth-order valence-corrected chi connectivity index (χ4v) is 3.16. The Morgan fingerprint density at radius 3 is 2.46 bits per heavy atom. The van der Waals surface area contributed by atoms with Crippen LogP contribution >= 0.6 is 12.4 Å². The summed E-state index contributed by atoms with van der Waals surface area (Å²) >= 11 is 0. The van der Waals surface area contributed by atoms with Crippen LogP contribution in [0.5, 0.6) is 0 Å². The van der Waals surface area contributed by atoms with Gasteiger partial charge in [-0.2, -0.15) is 13.2 Å². The Morgan fingerprint density at radius 1 is 1.31 bits per heavy atom. The van der Waals surface area contributed by atoms with Crippen molar-refractivity contribution in [3.05, 3.63) is 35.9 Å². The maximum absolute atomic E-state index is 12.9. The van der Waals surface area contributed by atoms with E-state index in [2.05, 4.69) is 0 Å². The molecular weight excluding hydrogens is 367 g/mol. The molecule has 0 bridgehead atoms. The molecule has 1 aromatic carbocycles. The SMILES string of the molecule is CC1(C)CN(CC(=O)N(Cc2ccccc2)CC(F)(F)F)CCC1N.Cl. The van der Waals surface area contributed by atoms with Gasteiger partial charge >= 0.3 is 6.18 Å². The van der Waals surface area contributed by atoms with Crippen LogP contribution < -0.4 is 5.73 Å². The molecule has 0 spiro atoms. The number of piperidine rings is 1. The van der Waals surface area contributed by atoms with Gasteiger partial charge in [-0.15, -0.1) is 12.4 Å². The Balaban J connectivity index is 0.00000338. The molecule has 2 rings (SSSR count). The lowest BCUT2D eigenvalue weighted by molar-refractivity contribution is -0.163. The number of benzene rings is 1. The zero-order valence-electron chi connectivity index (χ0n) is 15.1. The third kappa shape index (κ3) is 6.78. The maximum Gasteiger partial charge on any atom is 0.406 e. The predicted octanol–water partition coefficient (Wildman–Crippen LogP) is 3.06. The van der Waals surface area contributed by atoms with Crippen LogP contribution in [0, 0.1) is 5.41 Å². The standard InChI is InChI=1S/C18H26F3N3O.ClH/c1-17(2)12-23(9-8-15(17)22)11-16(25)24(13-18(19,20)21)10-14-6-4-3-5-7-14;/h3-7,15H,8-13,22H2,1-2H3;1H. The molecule has 1 unspecified atom stereocenters. The number of nitrogens with zero attached hydrogens (tertiary/aromatic N) is 2. The van der Waals surface area contributed by atoms with Crippen molar-refractivity contribution >= 4 is 18.3 Å². The second kappa shape index (κ2) is 9.06. The molecule has 0 saturated carbocycles. The fourth-order valence-electron chi connectivity index (χ4n) is 3.16. The van der Waals surface area contributed by atoms with Crippen LogP contribution in [0.1, 0.15) is 25.8 Å². The number of likely N-dealkylation sites (tertiary alicyclic amines) is 1. The highest BCUT2D eigenvalue weighted by Crippen LogP contribution is 2.27. The van der Waals surface area contributed by atoms with Gasteiger partial charge in [-0.3, -0.25) is 9.69 Å². The Labute approximate surface area is 158 Å². The first kappa shape index (κ1) is 22.7. The quantitative estimate of drug-likeness (QED) is 0.836. The van der Waals surface area contributed by atoms with E-state index in [1.54, 1.807) is 30.3 Å². The van der Waals surface area contributed by atoms with Crippen LogP contribution in [0.2, 0.25) is 0 Å². The van der Waals surface area contributed by atoms with Crippen molar-refractivity contribution in [3.8, 4) is 0 Å². The molecule has 1 aromatic rings. The first-order chi connectivity index (χ1) is 11.6. The molecule has 1 heterocycles. The first-order valence-corrected chi connectivity index (χ1v) is 8.43. The predicted molar refractivity (Wildman–Crippen MR) is 98.0 cm³/mol. The van der Waals surface area contributed by atoms with Crippen LogP contribution in [0.3, 0.4) is 0 Å². The molecule has 0 radical (unpaired) electrons. The van der Waals surface area contributed by atoms with Gasteiger partial charge in [0.1, 0.15) is 6.54 Å². The summed E-state index contributed by atoms with van der Waals surface area (Å²) in [5, 5.41) is 0. The Kier molecular flexibility index (Phi) is 7.92. The van der Waals surface area contributed by atoms with Crippen LogP contribution in [0.4, 0.5) is 13.2 Å². The van der Waals surface area contributed by atoms with Crippen molar-refractivity contribution < 1.29 is 18.0 Å². The number of rotatable bonds is 5. The molecule has 26 heavy (non-hydrogen) atoms. The number of alkyl halides is 3. The summed E-state index contributed by atoms with van der Waals surface area (Å²) in [7, 11) is 0. The van der Waals surface area contributed by atoms with Crippen LogP contribution in [-0.4, -0.2) is 54.1 Å². The van der Waals surface area contributed by atoms with E-state index >= 15 is 0 Å². The van der Waals surface area contributed by atoms with Crippen molar-refractivity contribution in [1.29, 1.82) is 0 Å². The third-order valence-electron chi connectivity index (χ3n) is 4.69. The zero-order chi connectivity index (χ0) is 18.7. The largest absolute Gasteiger partial charge is 0.406 e. The Hall–Kier alpha value is -1.31. The molecule has 8 heteroatoms. The number of nitrogens with two attached hydrogens (primary N) is 1. The van der Waals surface area contributed by atoms with E-state index in [-0.39, 0.29) is 37.0 Å². The highest BCUT2D eigenvalue weighted by molar-refractivity contribution is 5.85. The molecule has 4 nitrogen and oxygen atoms in total. The van der Waals surface area contributed by atoms with Gasteiger partial charge in [0.25, 0.3) is 0 Å². The number of halogens is 4. The third-order valence-corrected chi connectivity index (χ3v) is 4.69. The number of carbonyl (C=O) groups is 1. The molecule has 1 amide bonds. The van der Waals surface area contributed by atoms with Gasteiger partial charge in [0, 0.05) is 25.7 Å². The monoisotopic (exact) mass is 393 g/mol. The smallest absolute Gasteiger partial charge is 0.328 e. The average molecular weight is 394 g/mol. The molecular formula is C18H27ClF3N3O. The van der Waals surface area contributed by atoms with Crippen molar-refractivity contribution in [2.45, 2.75) is 39.0 Å². The van der Waals surface area contributed by atoms with Gasteiger partial charge in [0.05, 0.1) is 6.54 Å². The van der Waals surface area contributed by atoms with E-state index in [4.69, 9.17) is 5.73 Å². The lowest BCUT2D eigenvalue weighted by atomic mass is 9.80. The fraction of sp³-hybridized carbons (Fsp3) is 0.611. The Morgan fingerprint density at radius 2 is 1.92 bits per heavy atom. The van der Waals surface area contributed by atoms with Crippen molar-refractivity contribution in [2.24, 2.45) is 11.1 Å². The molecule has 1 saturated heterocycles. The second-order valence-electron chi connectivity index (χ2n) is 7.44. The Bertz CT molecular complexity index is 581. The summed E-state index contributed by atoms with van der Waals surface area (Å²) in [6.45, 7) is 3.97. The second-order valence-corrected chi connectivity index (χ2v) is 7.44. The molecule has 1 aliphatic heterocycles. The summed E-state index contributed by atoms with van der Waals surface area (Å²) < 4.78 is 38.7. The van der Waals surface area contributed by atoms with E-state index in [1.165, 1.54) is 0 Å². The van der Waals surface area contributed by atoms with Gasteiger partial charge < -0.3 is 10.6 Å². The number of carbonyl (C=O) groups excluding carboxylic acids is 1. The minimum absolute atomic E-state index is 0. The molecule has 0 aliphatic carbocycles. The van der Waals surface area contributed by atoms with Crippen molar-refractivity contribution in [2.75, 3.05) is 26.2 Å². The lowest BCUT2D eigenvalue weighted by Gasteiger charge is -2.42. The van der Waals surface area contributed by atoms with E-state index in [0.717, 1.165) is 11.3 Å². The lowest BCUT2D eigenvalue weighted by Crippen LogP contribution is -2.54. The number of hydrogen-bond acceptors (Lipinski definition) is 3. The van der Waals surface area contributed by atoms with E-state index in [0.29, 0.717) is 18.7 Å².